The van der Waals surface area contributed by atoms with Crippen LogP contribution in [0.1, 0.15) is 13.8 Å². The van der Waals surface area contributed by atoms with Gasteiger partial charge in [-0.15, -0.1) is 11.3 Å². The topological polar surface area (TPSA) is 57.6 Å². The van der Waals surface area contributed by atoms with Gasteiger partial charge >= 0.3 is 0 Å². The van der Waals surface area contributed by atoms with Gasteiger partial charge < -0.3 is 5.11 Å². The third-order valence-corrected chi connectivity index (χ3v) is 6.29. The lowest BCUT2D eigenvalue weighted by Crippen LogP contribution is -2.39. The summed E-state index contributed by atoms with van der Waals surface area (Å²) in [7, 11) is -2.06. The highest BCUT2D eigenvalue weighted by molar-refractivity contribution is 9.10. The largest absolute Gasteiger partial charge is 0.389 e. The van der Waals surface area contributed by atoms with Crippen LogP contribution in [0.3, 0.4) is 0 Å². The fraction of sp³-hybridized carbons (Fsp3) is 0.556. The Morgan fingerprint density at radius 1 is 1.56 bits per heavy atom. The predicted molar refractivity (Wildman–Crippen MR) is 68.1 cm³/mol. The maximum atomic E-state index is 12.1. The normalized spacial score (nSPS) is 13.4. The fourth-order valence-corrected chi connectivity index (χ4v) is 5.06. The predicted octanol–water partition coefficient (Wildman–Crippen LogP) is 1.90. The zero-order chi connectivity index (χ0) is 12.6. The van der Waals surface area contributed by atoms with E-state index in [9.17, 15) is 13.5 Å². The van der Waals surface area contributed by atoms with E-state index in [0.29, 0.717) is 4.47 Å². The summed E-state index contributed by atoms with van der Waals surface area (Å²) in [6.45, 7) is 3.20. The molecule has 1 N–H and O–H groups in total. The molecule has 0 aromatic carbocycles. The van der Waals surface area contributed by atoms with E-state index >= 15 is 0 Å². The molecule has 0 spiro atoms. The lowest BCUT2D eigenvalue weighted by molar-refractivity contribution is 0.0640. The van der Waals surface area contributed by atoms with Gasteiger partial charge in [-0.05, 0) is 41.2 Å². The molecule has 0 saturated carbocycles. The van der Waals surface area contributed by atoms with E-state index < -0.39 is 15.6 Å². The first-order valence-electron chi connectivity index (χ1n) is 4.56. The monoisotopic (exact) mass is 327 g/mol. The van der Waals surface area contributed by atoms with E-state index in [4.69, 9.17) is 0 Å². The van der Waals surface area contributed by atoms with Crippen LogP contribution in [0.2, 0.25) is 0 Å². The Hall–Kier alpha value is 0.0500. The van der Waals surface area contributed by atoms with Crippen molar-refractivity contribution in [3.63, 3.8) is 0 Å². The second-order valence-electron chi connectivity index (χ2n) is 4.13. The highest BCUT2D eigenvalue weighted by Gasteiger charge is 2.28. The molecular formula is C9H14BrNO3S2. The zero-order valence-corrected chi connectivity index (χ0v) is 12.5. The first kappa shape index (κ1) is 14.1. The number of rotatable bonds is 4. The summed E-state index contributed by atoms with van der Waals surface area (Å²) >= 11 is 4.34. The lowest BCUT2D eigenvalue weighted by Gasteiger charge is -2.24. The Morgan fingerprint density at radius 2 is 2.12 bits per heavy atom. The van der Waals surface area contributed by atoms with Crippen LogP contribution in [0.15, 0.2) is 20.1 Å². The Morgan fingerprint density at radius 3 is 2.50 bits per heavy atom. The van der Waals surface area contributed by atoms with E-state index in [1.54, 1.807) is 25.3 Å². The van der Waals surface area contributed by atoms with Gasteiger partial charge in [0.2, 0.25) is 0 Å². The average Bonchev–Trinajstić information content (AvgIpc) is 2.48. The van der Waals surface area contributed by atoms with Crippen molar-refractivity contribution in [2.75, 3.05) is 13.6 Å². The molecule has 0 bridgehead atoms. The first-order valence-corrected chi connectivity index (χ1v) is 7.67. The molecular weight excluding hydrogens is 314 g/mol. The quantitative estimate of drug-likeness (QED) is 0.918. The molecule has 0 fully saturated rings. The molecule has 0 aliphatic heterocycles. The SMILES string of the molecule is CN(CC(C)(C)O)S(=O)(=O)c1sccc1Br. The fourth-order valence-electron chi connectivity index (χ4n) is 1.24. The highest BCUT2D eigenvalue weighted by Crippen LogP contribution is 2.30. The lowest BCUT2D eigenvalue weighted by atomic mass is 10.1. The summed E-state index contributed by atoms with van der Waals surface area (Å²) in [5.74, 6) is 0. The highest BCUT2D eigenvalue weighted by atomic mass is 79.9. The van der Waals surface area contributed by atoms with Crippen LogP contribution in [0.5, 0.6) is 0 Å². The van der Waals surface area contributed by atoms with Crippen LogP contribution >= 0.6 is 27.3 Å². The second-order valence-corrected chi connectivity index (χ2v) is 8.14. The number of halogens is 1. The van der Waals surface area contributed by atoms with Crippen molar-refractivity contribution in [3.05, 3.63) is 15.9 Å². The van der Waals surface area contributed by atoms with Crippen molar-refractivity contribution >= 4 is 37.3 Å². The van der Waals surface area contributed by atoms with Gasteiger partial charge in [0.25, 0.3) is 10.0 Å². The Kier molecular flexibility index (Phi) is 4.18. The molecule has 4 nitrogen and oxygen atoms in total. The standard InChI is InChI=1S/C9H14BrNO3S2/c1-9(2,12)6-11(3)16(13,14)8-7(10)4-5-15-8/h4-5,12H,6H2,1-3H3. The van der Waals surface area contributed by atoms with Crippen LogP contribution < -0.4 is 0 Å². The minimum absolute atomic E-state index is 0.0552. The van der Waals surface area contributed by atoms with Crippen molar-refractivity contribution in [2.45, 2.75) is 23.7 Å². The van der Waals surface area contributed by atoms with Crippen molar-refractivity contribution in [1.29, 1.82) is 0 Å². The van der Waals surface area contributed by atoms with Gasteiger partial charge in [-0.1, -0.05) is 0 Å². The number of likely N-dealkylation sites (N-methyl/N-ethyl adjacent to an activating group) is 1. The summed E-state index contributed by atoms with van der Waals surface area (Å²) in [5.41, 5.74) is -1.05. The van der Waals surface area contributed by atoms with Gasteiger partial charge in [-0.25, -0.2) is 8.42 Å². The van der Waals surface area contributed by atoms with Gasteiger partial charge in [-0.2, -0.15) is 4.31 Å². The summed E-state index contributed by atoms with van der Waals surface area (Å²) in [5, 5.41) is 11.3. The third kappa shape index (κ3) is 3.27. The van der Waals surface area contributed by atoms with Crippen molar-refractivity contribution in [2.24, 2.45) is 0 Å². The summed E-state index contributed by atoms with van der Waals surface area (Å²) < 4.78 is 26.1. The number of nitrogens with zero attached hydrogens (tertiary/aromatic N) is 1. The van der Waals surface area contributed by atoms with Crippen LogP contribution in [0, 0.1) is 0 Å². The van der Waals surface area contributed by atoms with Crippen LogP contribution in [0.25, 0.3) is 0 Å². The maximum Gasteiger partial charge on any atom is 0.253 e. The number of thiophene rings is 1. The summed E-state index contributed by atoms with van der Waals surface area (Å²) in [4.78, 5) is 0. The van der Waals surface area contributed by atoms with Crippen LogP contribution in [-0.4, -0.2) is 37.0 Å². The molecule has 0 radical (unpaired) electrons. The van der Waals surface area contributed by atoms with E-state index in [-0.39, 0.29) is 10.8 Å². The Bertz CT molecular complexity index is 461. The molecule has 1 aromatic rings. The molecule has 1 heterocycles. The molecule has 0 unspecified atom stereocenters. The van der Waals surface area contributed by atoms with E-state index in [0.717, 1.165) is 15.6 Å². The molecule has 0 saturated heterocycles. The number of hydrogen-bond acceptors (Lipinski definition) is 4. The van der Waals surface area contributed by atoms with Gasteiger partial charge in [0, 0.05) is 18.1 Å². The Balaban J connectivity index is 3.00. The van der Waals surface area contributed by atoms with Crippen LogP contribution in [0.4, 0.5) is 0 Å². The summed E-state index contributed by atoms with van der Waals surface area (Å²) in [6, 6.07) is 1.69. The van der Waals surface area contributed by atoms with Gasteiger partial charge in [0.05, 0.1) is 5.60 Å². The molecule has 1 rings (SSSR count). The Labute approximate surface area is 108 Å². The van der Waals surface area contributed by atoms with Crippen LogP contribution in [-0.2, 0) is 10.0 Å². The molecule has 0 atom stereocenters. The van der Waals surface area contributed by atoms with E-state index in [2.05, 4.69) is 15.9 Å². The second kappa shape index (κ2) is 4.73. The maximum absolute atomic E-state index is 12.1. The smallest absolute Gasteiger partial charge is 0.253 e. The molecule has 0 aliphatic rings. The third-order valence-electron chi connectivity index (χ3n) is 1.84. The van der Waals surface area contributed by atoms with Gasteiger partial charge in [0.1, 0.15) is 4.21 Å². The van der Waals surface area contributed by atoms with Crippen molar-refractivity contribution in [1.82, 2.24) is 4.31 Å². The number of sulfonamides is 1. The minimum atomic E-state index is -3.51. The molecule has 1 aromatic heterocycles. The van der Waals surface area contributed by atoms with Gasteiger partial charge in [0.15, 0.2) is 0 Å². The zero-order valence-electron chi connectivity index (χ0n) is 9.27. The van der Waals surface area contributed by atoms with Crippen molar-refractivity contribution in [3.8, 4) is 0 Å². The first-order chi connectivity index (χ1) is 7.14. The van der Waals surface area contributed by atoms with E-state index in [1.807, 2.05) is 0 Å². The number of aliphatic hydroxyl groups is 1. The van der Waals surface area contributed by atoms with Gasteiger partial charge in [-0.3, -0.25) is 0 Å². The average molecular weight is 328 g/mol. The molecule has 0 amide bonds. The minimum Gasteiger partial charge on any atom is -0.389 e. The van der Waals surface area contributed by atoms with E-state index in [1.165, 1.54) is 7.05 Å². The number of hydrogen-bond donors (Lipinski definition) is 1. The molecule has 92 valence electrons. The molecule has 7 heteroatoms. The summed E-state index contributed by atoms with van der Waals surface area (Å²) in [6.07, 6.45) is 0. The van der Waals surface area contributed by atoms with Crippen molar-refractivity contribution < 1.29 is 13.5 Å². The molecule has 16 heavy (non-hydrogen) atoms. The molecule has 0 aliphatic carbocycles.